The van der Waals surface area contributed by atoms with Gasteiger partial charge in [0.15, 0.2) is 0 Å². The van der Waals surface area contributed by atoms with E-state index in [4.69, 9.17) is 9.47 Å². The number of nitrogens with one attached hydrogen (secondary N) is 1. The van der Waals surface area contributed by atoms with Crippen molar-refractivity contribution in [2.75, 3.05) is 45.4 Å². The highest BCUT2D eigenvalue weighted by Gasteiger charge is 2.26. The van der Waals surface area contributed by atoms with Gasteiger partial charge in [0.1, 0.15) is 5.75 Å². The number of rotatable bonds is 7. The molecule has 1 saturated heterocycles. The molecule has 1 heterocycles. The van der Waals surface area contributed by atoms with Crippen LogP contribution in [-0.4, -0.2) is 46.5 Å². The maximum Gasteiger partial charge on any atom is 0.119 e. The molecule has 1 fully saturated rings. The van der Waals surface area contributed by atoms with Gasteiger partial charge in [-0.15, -0.1) is 0 Å². The van der Waals surface area contributed by atoms with Crippen molar-refractivity contribution in [1.82, 2.24) is 5.32 Å². The zero-order valence-corrected chi connectivity index (χ0v) is 13.5. The van der Waals surface area contributed by atoms with Gasteiger partial charge in [0.05, 0.1) is 13.7 Å². The molecule has 0 aliphatic carbocycles. The fraction of sp³-hybridized carbons (Fsp3) is 0.647. The van der Waals surface area contributed by atoms with Crippen LogP contribution in [0.2, 0.25) is 0 Å². The lowest BCUT2D eigenvalue weighted by atomic mass is 9.95. The number of ether oxygens (including phenoxy) is 2. The number of nitrogens with zero attached hydrogens (tertiary/aromatic N) is 1. The van der Waals surface area contributed by atoms with Crippen LogP contribution in [0.1, 0.15) is 19.8 Å². The minimum atomic E-state index is 0.539. The van der Waals surface area contributed by atoms with Gasteiger partial charge in [-0.2, -0.15) is 0 Å². The number of benzene rings is 1. The molecule has 21 heavy (non-hydrogen) atoms. The van der Waals surface area contributed by atoms with Crippen LogP contribution in [0.25, 0.3) is 0 Å². The highest BCUT2D eigenvalue weighted by Crippen LogP contribution is 2.22. The monoisotopic (exact) mass is 292 g/mol. The topological polar surface area (TPSA) is 33.7 Å². The average Bonchev–Trinajstić information content (AvgIpc) is 2.54. The molecule has 0 saturated carbocycles. The normalized spacial score (nSPS) is 22.0. The third-order valence-electron chi connectivity index (χ3n) is 4.15. The van der Waals surface area contributed by atoms with Gasteiger partial charge >= 0.3 is 0 Å². The number of hydrogen-bond donors (Lipinski definition) is 1. The van der Waals surface area contributed by atoms with Gasteiger partial charge in [-0.25, -0.2) is 0 Å². The Morgan fingerprint density at radius 1 is 1.33 bits per heavy atom. The summed E-state index contributed by atoms with van der Waals surface area (Å²) in [7, 11) is 3.84. The lowest BCUT2D eigenvalue weighted by molar-refractivity contribution is 0.0351. The summed E-state index contributed by atoms with van der Waals surface area (Å²) in [6, 6.07) is 8.81. The summed E-state index contributed by atoms with van der Waals surface area (Å²) in [5.74, 6) is 1.44. The molecule has 2 atom stereocenters. The molecule has 4 nitrogen and oxygen atoms in total. The van der Waals surface area contributed by atoms with E-state index in [1.807, 2.05) is 12.1 Å². The molecule has 0 radical (unpaired) electrons. The van der Waals surface area contributed by atoms with E-state index < -0.39 is 0 Å². The second-order valence-corrected chi connectivity index (χ2v) is 5.76. The first-order chi connectivity index (χ1) is 10.2. The van der Waals surface area contributed by atoms with Crippen molar-refractivity contribution in [3.05, 3.63) is 24.3 Å². The van der Waals surface area contributed by atoms with Crippen molar-refractivity contribution in [3.8, 4) is 5.75 Å². The van der Waals surface area contributed by atoms with Crippen molar-refractivity contribution in [2.45, 2.75) is 25.8 Å². The highest BCUT2D eigenvalue weighted by molar-refractivity contribution is 5.48. The molecule has 118 valence electrons. The summed E-state index contributed by atoms with van der Waals surface area (Å²) in [6.45, 7) is 6.04. The van der Waals surface area contributed by atoms with Gasteiger partial charge in [0.25, 0.3) is 0 Å². The molecule has 1 N–H and O–H groups in total. The van der Waals surface area contributed by atoms with E-state index in [0.29, 0.717) is 12.0 Å². The van der Waals surface area contributed by atoms with Crippen LogP contribution in [0.15, 0.2) is 24.3 Å². The fourth-order valence-electron chi connectivity index (χ4n) is 2.87. The van der Waals surface area contributed by atoms with E-state index in [1.54, 1.807) is 7.11 Å². The van der Waals surface area contributed by atoms with E-state index in [2.05, 4.69) is 36.3 Å². The summed E-state index contributed by atoms with van der Waals surface area (Å²) in [5, 5.41) is 3.67. The lowest BCUT2D eigenvalue weighted by Crippen LogP contribution is -2.47. The van der Waals surface area contributed by atoms with Crippen molar-refractivity contribution in [1.29, 1.82) is 0 Å². The molecular formula is C17H28N2O2. The summed E-state index contributed by atoms with van der Waals surface area (Å²) in [5.41, 5.74) is 1.22. The Morgan fingerprint density at radius 2 is 2.10 bits per heavy atom. The second kappa shape index (κ2) is 8.25. The highest BCUT2D eigenvalue weighted by atomic mass is 16.5. The molecule has 2 rings (SSSR count). The summed E-state index contributed by atoms with van der Waals surface area (Å²) in [6.07, 6.45) is 2.29. The van der Waals surface area contributed by atoms with Gasteiger partial charge in [-0.3, -0.25) is 0 Å². The van der Waals surface area contributed by atoms with Gasteiger partial charge in [0, 0.05) is 37.8 Å². The summed E-state index contributed by atoms with van der Waals surface area (Å²) < 4.78 is 10.9. The van der Waals surface area contributed by atoms with Crippen LogP contribution < -0.4 is 15.0 Å². The van der Waals surface area contributed by atoms with Crippen LogP contribution in [0.4, 0.5) is 5.69 Å². The third kappa shape index (κ3) is 4.61. The second-order valence-electron chi connectivity index (χ2n) is 5.76. The zero-order chi connectivity index (χ0) is 15.1. The fourth-order valence-corrected chi connectivity index (χ4v) is 2.87. The van der Waals surface area contributed by atoms with Crippen molar-refractivity contribution < 1.29 is 9.47 Å². The first-order valence-electron chi connectivity index (χ1n) is 7.91. The Balaban J connectivity index is 1.93. The van der Waals surface area contributed by atoms with Gasteiger partial charge in [0.2, 0.25) is 0 Å². The number of hydrogen-bond acceptors (Lipinski definition) is 4. The quantitative estimate of drug-likeness (QED) is 0.837. The lowest BCUT2D eigenvalue weighted by Gasteiger charge is -2.35. The Hall–Kier alpha value is -1.26. The van der Waals surface area contributed by atoms with E-state index in [9.17, 15) is 0 Å². The van der Waals surface area contributed by atoms with Crippen LogP contribution in [0.5, 0.6) is 5.75 Å². The molecule has 1 aromatic rings. The number of anilines is 1. The van der Waals surface area contributed by atoms with Crippen LogP contribution in [0.3, 0.4) is 0 Å². The zero-order valence-electron chi connectivity index (χ0n) is 13.5. The summed E-state index contributed by atoms with van der Waals surface area (Å²) >= 11 is 0. The van der Waals surface area contributed by atoms with Crippen LogP contribution in [-0.2, 0) is 4.74 Å². The van der Waals surface area contributed by atoms with Gasteiger partial charge < -0.3 is 19.7 Å². The smallest absolute Gasteiger partial charge is 0.119 e. The minimum absolute atomic E-state index is 0.539. The Morgan fingerprint density at radius 3 is 2.76 bits per heavy atom. The predicted molar refractivity (Wildman–Crippen MR) is 87.3 cm³/mol. The van der Waals surface area contributed by atoms with Crippen molar-refractivity contribution >= 4 is 5.69 Å². The van der Waals surface area contributed by atoms with Crippen molar-refractivity contribution in [3.63, 3.8) is 0 Å². The maximum absolute atomic E-state index is 5.68. The Kier molecular flexibility index (Phi) is 6.33. The van der Waals surface area contributed by atoms with E-state index in [0.717, 1.165) is 38.5 Å². The molecule has 0 bridgehead atoms. The van der Waals surface area contributed by atoms with Crippen LogP contribution in [0, 0.1) is 5.92 Å². The molecule has 2 unspecified atom stereocenters. The van der Waals surface area contributed by atoms with E-state index in [-0.39, 0.29) is 0 Å². The Labute approximate surface area is 128 Å². The largest absolute Gasteiger partial charge is 0.497 e. The van der Waals surface area contributed by atoms with Gasteiger partial charge in [-0.1, -0.05) is 6.92 Å². The molecule has 1 aliphatic rings. The standard InChI is InChI=1S/C17H28N2O2/c1-4-10-18-17-9-11-21-13-14(17)12-19(2)15-5-7-16(20-3)8-6-15/h5-8,14,17-18H,4,9-13H2,1-3H3. The van der Waals surface area contributed by atoms with E-state index >= 15 is 0 Å². The maximum atomic E-state index is 5.68. The molecular weight excluding hydrogens is 264 g/mol. The van der Waals surface area contributed by atoms with Crippen molar-refractivity contribution in [2.24, 2.45) is 5.92 Å². The molecule has 4 heteroatoms. The first-order valence-corrected chi connectivity index (χ1v) is 7.91. The van der Waals surface area contributed by atoms with Crippen LogP contribution >= 0.6 is 0 Å². The minimum Gasteiger partial charge on any atom is -0.497 e. The molecule has 0 amide bonds. The molecule has 1 aliphatic heterocycles. The third-order valence-corrected chi connectivity index (χ3v) is 4.15. The summed E-state index contributed by atoms with van der Waals surface area (Å²) in [4.78, 5) is 2.30. The first kappa shape index (κ1) is 16.1. The average molecular weight is 292 g/mol. The van der Waals surface area contributed by atoms with Gasteiger partial charge in [-0.05, 0) is 43.7 Å². The number of methoxy groups -OCH3 is 1. The predicted octanol–water partition coefficient (Wildman–Crippen LogP) is 2.54. The Bertz CT molecular complexity index is 408. The molecule has 0 spiro atoms. The van der Waals surface area contributed by atoms with E-state index in [1.165, 1.54) is 12.1 Å². The molecule has 0 aromatic heterocycles. The SMILES string of the molecule is CCCNC1CCOCC1CN(C)c1ccc(OC)cc1. The molecule has 1 aromatic carbocycles.